The molecular formula is C31H33ClN6O4. The Hall–Kier alpha value is -4.70. The molecule has 10 nitrogen and oxygen atoms in total. The largest absolute Gasteiger partial charge is 0.370 e. The van der Waals surface area contributed by atoms with E-state index in [1.807, 2.05) is 30.3 Å². The van der Waals surface area contributed by atoms with Crippen molar-refractivity contribution >= 4 is 46.8 Å². The van der Waals surface area contributed by atoms with E-state index < -0.39 is 23.9 Å². The molecule has 3 aromatic rings. The van der Waals surface area contributed by atoms with Gasteiger partial charge in [-0.2, -0.15) is 0 Å². The Bertz CT molecular complexity index is 1510. The molecule has 0 aliphatic carbocycles. The number of carbonyl (C=O) groups excluding carboxylic acids is 4. The van der Waals surface area contributed by atoms with Crippen LogP contribution in [-0.2, 0) is 27.3 Å². The minimum atomic E-state index is -1.13. The average Bonchev–Trinajstić information content (AvgIpc) is 2.99. The Morgan fingerprint density at radius 2 is 1.67 bits per heavy atom. The van der Waals surface area contributed by atoms with Crippen molar-refractivity contribution in [2.45, 2.75) is 44.8 Å². The number of amides is 3. The minimum absolute atomic E-state index is 0.00532. The van der Waals surface area contributed by atoms with Crippen molar-refractivity contribution in [3.63, 3.8) is 0 Å². The highest BCUT2D eigenvalue weighted by molar-refractivity contribution is 6.31. The number of nitrogens with zero attached hydrogens (tertiary/aromatic N) is 2. The van der Waals surface area contributed by atoms with Crippen LogP contribution in [0, 0.1) is 6.92 Å². The highest BCUT2D eigenvalue weighted by Gasteiger charge is 2.36. The van der Waals surface area contributed by atoms with Crippen LogP contribution in [0.25, 0.3) is 0 Å². The van der Waals surface area contributed by atoms with Gasteiger partial charge in [-0.3, -0.25) is 24.2 Å². The third-order valence-corrected chi connectivity index (χ3v) is 7.47. The quantitative estimate of drug-likeness (QED) is 0.162. The van der Waals surface area contributed by atoms with Crippen LogP contribution in [0.5, 0.6) is 0 Å². The standard InChI is InChI=1S/C31H33ClN6O4/c1-19-15-23(11-12-24(19)32)36-29(41)25(17-35-31(33)34)37-30(42)26-16-21-9-5-6-10-22(21)18-38(26)28(40)14-13-27(39)20-7-3-2-4-8-20/h2-12,15,25-26H,13-14,16-18H2,1H3,(H,36,41)(H,37,42)(H4,33,34,35)/t25-,26?/m0/s1. The van der Waals surface area contributed by atoms with Crippen LogP contribution in [0.3, 0.4) is 0 Å². The number of benzene rings is 3. The Labute approximate surface area is 249 Å². The van der Waals surface area contributed by atoms with E-state index in [0.717, 1.165) is 16.7 Å². The molecule has 0 saturated heterocycles. The van der Waals surface area contributed by atoms with Crippen LogP contribution in [0.4, 0.5) is 5.69 Å². The number of ketones is 1. The number of hydrogen-bond acceptors (Lipinski definition) is 5. The summed E-state index contributed by atoms with van der Waals surface area (Å²) in [6.07, 6.45) is 0.187. The highest BCUT2D eigenvalue weighted by Crippen LogP contribution is 2.25. The van der Waals surface area contributed by atoms with Crippen LogP contribution in [0.1, 0.15) is 39.9 Å². The van der Waals surface area contributed by atoms with Gasteiger partial charge in [-0.1, -0.05) is 66.2 Å². The van der Waals surface area contributed by atoms with Crippen LogP contribution in [0.2, 0.25) is 5.02 Å². The average molecular weight is 589 g/mol. The van der Waals surface area contributed by atoms with E-state index in [9.17, 15) is 19.2 Å². The molecule has 1 heterocycles. The number of fused-ring (bicyclic) bond motifs is 1. The predicted octanol–water partition coefficient (Wildman–Crippen LogP) is 2.96. The molecule has 3 aromatic carbocycles. The second-order valence-corrected chi connectivity index (χ2v) is 10.5. The fourth-order valence-corrected chi connectivity index (χ4v) is 4.88. The molecule has 0 radical (unpaired) electrons. The van der Waals surface area contributed by atoms with Gasteiger partial charge in [-0.15, -0.1) is 0 Å². The summed E-state index contributed by atoms with van der Waals surface area (Å²) in [4.78, 5) is 58.5. The molecule has 3 amide bonds. The summed E-state index contributed by atoms with van der Waals surface area (Å²) < 4.78 is 0. The lowest BCUT2D eigenvalue weighted by Gasteiger charge is -2.36. The van der Waals surface area contributed by atoms with Gasteiger partial charge in [0.15, 0.2) is 11.7 Å². The van der Waals surface area contributed by atoms with E-state index in [2.05, 4.69) is 15.6 Å². The monoisotopic (exact) mass is 588 g/mol. The second kappa shape index (κ2) is 13.8. The Kier molecular flexibility index (Phi) is 9.93. The summed E-state index contributed by atoms with van der Waals surface area (Å²) in [6.45, 7) is 1.79. The number of rotatable bonds is 10. The van der Waals surface area contributed by atoms with E-state index in [1.165, 1.54) is 4.90 Å². The van der Waals surface area contributed by atoms with Crippen molar-refractivity contribution in [3.05, 3.63) is 100 Å². The number of nitrogens with two attached hydrogens (primary N) is 2. The maximum absolute atomic E-state index is 13.7. The SMILES string of the molecule is Cc1cc(NC(=O)[C@H](CN=C(N)N)NC(=O)C2Cc3ccccc3CN2C(=O)CCC(=O)c2ccccc2)ccc1Cl. The van der Waals surface area contributed by atoms with Gasteiger partial charge in [0.05, 0.1) is 6.54 Å². The van der Waals surface area contributed by atoms with Gasteiger partial charge in [0, 0.05) is 42.1 Å². The fourth-order valence-electron chi connectivity index (χ4n) is 4.76. The molecule has 1 aliphatic rings. The number of nitrogens with one attached hydrogen (secondary N) is 2. The van der Waals surface area contributed by atoms with Gasteiger partial charge in [-0.05, 0) is 41.8 Å². The van der Waals surface area contributed by atoms with Crippen molar-refractivity contribution in [3.8, 4) is 0 Å². The molecule has 218 valence electrons. The molecular weight excluding hydrogens is 556 g/mol. The highest BCUT2D eigenvalue weighted by atomic mass is 35.5. The lowest BCUT2D eigenvalue weighted by molar-refractivity contribution is -0.142. The smallest absolute Gasteiger partial charge is 0.248 e. The van der Waals surface area contributed by atoms with Crippen molar-refractivity contribution in [2.24, 2.45) is 16.5 Å². The number of anilines is 1. The molecule has 1 aliphatic heterocycles. The van der Waals surface area contributed by atoms with Crippen LogP contribution < -0.4 is 22.1 Å². The first-order valence-corrected chi connectivity index (χ1v) is 13.9. The van der Waals surface area contributed by atoms with E-state index >= 15 is 0 Å². The predicted molar refractivity (Wildman–Crippen MR) is 162 cm³/mol. The molecule has 1 unspecified atom stereocenters. The molecule has 0 spiro atoms. The number of guanidine groups is 1. The van der Waals surface area contributed by atoms with E-state index in [0.29, 0.717) is 16.3 Å². The number of aryl methyl sites for hydroxylation is 1. The number of halogens is 1. The van der Waals surface area contributed by atoms with E-state index in [-0.39, 0.29) is 50.0 Å². The summed E-state index contributed by atoms with van der Waals surface area (Å²) in [5, 5.41) is 6.04. The Morgan fingerprint density at radius 3 is 2.36 bits per heavy atom. The number of carbonyl (C=O) groups is 4. The number of aliphatic imine (C=N–C) groups is 1. The lowest BCUT2D eigenvalue weighted by Crippen LogP contribution is -2.56. The third kappa shape index (κ3) is 7.73. The molecule has 0 bridgehead atoms. The molecule has 42 heavy (non-hydrogen) atoms. The summed E-state index contributed by atoms with van der Waals surface area (Å²) >= 11 is 6.10. The Morgan fingerprint density at radius 1 is 0.976 bits per heavy atom. The molecule has 0 fully saturated rings. The van der Waals surface area contributed by atoms with E-state index in [4.69, 9.17) is 23.1 Å². The zero-order chi connectivity index (χ0) is 30.2. The second-order valence-electron chi connectivity index (χ2n) is 10.1. The summed E-state index contributed by atoms with van der Waals surface area (Å²) in [5.74, 6) is -1.82. The normalized spacial score (nSPS) is 14.7. The maximum Gasteiger partial charge on any atom is 0.248 e. The zero-order valence-electron chi connectivity index (χ0n) is 23.2. The first-order valence-electron chi connectivity index (χ1n) is 13.5. The molecule has 2 atom stereocenters. The first-order chi connectivity index (χ1) is 20.1. The zero-order valence-corrected chi connectivity index (χ0v) is 23.9. The third-order valence-electron chi connectivity index (χ3n) is 7.05. The summed E-state index contributed by atoms with van der Waals surface area (Å²) in [5.41, 5.74) is 14.6. The molecule has 0 saturated carbocycles. The first kappa shape index (κ1) is 30.3. The molecule has 0 aromatic heterocycles. The number of hydrogen-bond donors (Lipinski definition) is 4. The number of Topliss-reactive ketones (excluding diaryl/α,β-unsaturated/α-hetero) is 1. The van der Waals surface area contributed by atoms with Gasteiger partial charge in [0.25, 0.3) is 0 Å². The molecule has 6 N–H and O–H groups in total. The van der Waals surface area contributed by atoms with Crippen LogP contribution in [-0.4, -0.2) is 53.0 Å². The topological polar surface area (TPSA) is 160 Å². The van der Waals surface area contributed by atoms with Gasteiger partial charge >= 0.3 is 0 Å². The van der Waals surface area contributed by atoms with Crippen molar-refractivity contribution in [2.75, 3.05) is 11.9 Å². The summed E-state index contributed by atoms with van der Waals surface area (Å²) in [6, 6.07) is 19.2. The summed E-state index contributed by atoms with van der Waals surface area (Å²) in [7, 11) is 0. The fraction of sp³-hybridized carbons (Fsp3) is 0.258. The van der Waals surface area contributed by atoms with Crippen molar-refractivity contribution < 1.29 is 19.2 Å². The van der Waals surface area contributed by atoms with Crippen LogP contribution >= 0.6 is 11.6 Å². The Balaban J connectivity index is 1.52. The van der Waals surface area contributed by atoms with Gasteiger partial charge < -0.3 is 27.0 Å². The van der Waals surface area contributed by atoms with Crippen LogP contribution in [0.15, 0.2) is 77.8 Å². The van der Waals surface area contributed by atoms with Crippen molar-refractivity contribution in [1.29, 1.82) is 0 Å². The van der Waals surface area contributed by atoms with Gasteiger partial charge in [0.2, 0.25) is 17.7 Å². The minimum Gasteiger partial charge on any atom is -0.370 e. The van der Waals surface area contributed by atoms with Gasteiger partial charge in [-0.25, -0.2) is 0 Å². The molecule has 11 heteroatoms. The van der Waals surface area contributed by atoms with E-state index in [1.54, 1.807) is 49.4 Å². The van der Waals surface area contributed by atoms with Crippen molar-refractivity contribution in [1.82, 2.24) is 10.2 Å². The maximum atomic E-state index is 13.7. The van der Waals surface area contributed by atoms with Gasteiger partial charge in [0.1, 0.15) is 12.1 Å². The molecule has 4 rings (SSSR count). The lowest BCUT2D eigenvalue weighted by atomic mass is 9.92.